The molecule has 8 heteroatoms. The van der Waals surface area contributed by atoms with E-state index in [1.54, 1.807) is 11.0 Å². The lowest BCUT2D eigenvalue weighted by atomic mass is 9.88. The van der Waals surface area contributed by atoms with Gasteiger partial charge in [0.1, 0.15) is 11.4 Å². The van der Waals surface area contributed by atoms with Crippen LogP contribution in [0.15, 0.2) is 23.8 Å². The van der Waals surface area contributed by atoms with Gasteiger partial charge in [-0.3, -0.25) is 14.9 Å². The van der Waals surface area contributed by atoms with E-state index < -0.39 is 10.5 Å². The highest BCUT2D eigenvalue weighted by Gasteiger charge is 2.40. The van der Waals surface area contributed by atoms with Gasteiger partial charge in [0.25, 0.3) is 5.69 Å². The Bertz CT molecular complexity index is 757. The Hall–Kier alpha value is -2.45. The molecule has 0 spiro atoms. The fraction of sp³-hybridized carbons (Fsp3) is 0.471. The molecular weight excluding hydrogens is 326 g/mol. The third-order valence-electron chi connectivity index (χ3n) is 4.54. The number of non-ortho nitro benzene ring substituents is 1. The van der Waals surface area contributed by atoms with Gasteiger partial charge in [0.05, 0.1) is 17.7 Å². The summed E-state index contributed by atoms with van der Waals surface area (Å²) in [7, 11) is 1.51. The number of carbonyl (C=O) groups excluding carboxylic acids is 1. The SMILES string of the molecule is CONCC1=C(N2CCCC2=O)c2cc([N+](=O)[O-])ccc2OC1(C)C. The molecule has 2 aliphatic rings. The van der Waals surface area contributed by atoms with Crippen LogP contribution in [0.3, 0.4) is 0 Å². The first-order valence-corrected chi connectivity index (χ1v) is 8.13. The molecule has 0 aromatic heterocycles. The third-order valence-corrected chi connectivity index (χ3v) is 4.54. The van der Waals surface area contributed by atoms with E-state index in [2.05, 4.69) is 5.48 Å². The van der Waals surface area contributed by atoms with E-state index in [1.807, 2.05) is 13.8 Å². The molecule has 1 aromatic rings. The van der Waals surface area contributed by atoms with E-state index in [9.17, 15) is 14.9 Å². The number of carbonyl (C=O) groups is 1. The molecule has 25 heavy (non-hydrogen) atoms. The second-order valence-electron chi connectivity index (χ2n) is 6.55. The molecule has 8 nitrogen and oxygen atoms in total. The molecule has 0 aliphatic carbocycles. The first-order valence-electron chi connectivity index (χ1n) is 8.13. The number of nitrogens with one attached hydrogen (secondary N) is 1. The predicted octanol–water partition coefficient (Wildman–Crippen LogP) is 2.25. The molecule has 2 aliphatic heterocycles. The number of ether oxygens (including phenoxy) is 1. The van der Waals surface area contributed by atoms with Crippen molar-refractivity contribution in [1.29, 1.82) is 0 Å². The summed E-state index contributed by atoms with van der Waals surface area (Å²) >= 11 is 0. The minimum Gasteiger partial charge on any atom is -0.483 e. The summed E-state index contributed by atoms with van der Waals surface area (Å²) in [6, 6.07) is 4.48. The maximum Gasteiger partial charge on any atom is 0.270 e. The molecular formula is C17H21N3O5. The molecule has 2 heterocycles. The van der Waals surface area contributed by atoms with Gasteiger partial charge >= 0.3 is 0 Å². The summed E-state index contributed by atoms with van der Waals surface area (Å²) in [5, 5.41) is 11.2. The lowest BCUT2D eigenvalue weighted by molar-refractivity contribution is -0.384. The molecule has 3 rings (SSSR count). The van der Waals surface area contributed by atoms with Crippen LogP contribution in [0, 0.1) is 10.1 Å². The third kappa shape index (κ3) is 3.10. The van der Waals surface area contributed by atoms with E-state index >= 15 is 0 Å². The van der Waals surface area contributed by atoms with Crippen LogP contribution in [-0.2, 0) is 9.63 Å². The average Bonchev–Trinajstić information content (AvgIpc) is 2.97. The molecule has 1 N–H and O–H groups in total. The molecule has 0 radical (unpaired) electrons. The number of hydroxylamine groups is 1. The van der Waals surface area contributed by atoms with Crippen LogP contribution < -0.4 is 10.2 Å². The second-order valence-corrected chi connectivity index (χ2v) is 6.55. The van der Waals surface area contributed by atoms with E-state index in [4.69, 9.17) is 9.57 Å². The van der Waals surface area contributed by atoms with Crippen molar-refractivity contribution in [3.05, 3.63) is 39.4 Å². The van der Waals surface area contributed by atoms with Gasteiger partial charge in [0.15, 0.2) is 0 Å². The van der Waals surface area contributed by atoms with Crippen LogP contribution in [0.1, 0.15) is 32.3 Å². The summed E-state index contributed by atoms with van der Waals surface area (Å²) in [4.78, 5) is 29.8. The van der Waals surface area contributed by atoms with Crippen LogP contribution in [0.2, 0.25) is 0 Å². The van der Waals surface area contributed by atoms with Gasteiger partial charge in [-0.15, -0.1) is 0 Å². The number of rotatable bonds is 5. The number of hydrogen-bond donors (Lipinski definition) is 1. The quantitative estimate of drug-likeness (QED) is 0.648. The van der Waals surface area contributed by atoms with Gasteiger partial charge in [0.2, 0.25) is 5.91 Å². The number of nitrogens with zero attached hydrogens (tertiary/aromatic N) is 2. The molecule has 134 valence electrons. The normalized spacial score (nSPS) is 19.0. The van der Waals surface area contributed by atoms with Gasteiger partial charge < -0.3 is 14.5 Å². The lowest BCUT2D eigenvalue weighted by Gasteiger charge is -2.39. The van der Waals surface area contributed by atoms with Crippen molar-refractivity contribution < 1.29 is 19.3 Å². The van der Waals surface area contributed by atoms with Crippen LogP contribution in [0.5, 0.6) is 5.75 Å². The number of nitro benzene ring substituents is 1. The molecule has 0 unspecified atom stereocenters. The highest BCUT2D eigenvalue weighted by molar-refractivity contribution is 5.92. The van der Waals surface area contributed by atoms with Crippen LogP contribution in [0.4, 0.5) is 5.69 Å². The van der Waals surface area contributed by atoms with E-state index in [-0.39, 0.29) is 11.6 Å². The zero-order valence-corrected chi connectivity index (χ0v) is 14.5. The first-order chi connectivity index (χ1) is 11.8. The Morgan fingerprint density at radius 2 is 2.20 bits per heavy atom. The highest BCUT2D eigenvalue weighted by Crippen LogP contribution is 2.44. The molecule has 1 fully saturated rings. The summed E-state index contributed by atoms with van der Waals surface area (Å²) in [6.07, 6.45) is 1.24. The number of nitro groups is 1. The van der Waals surface area contributed by atoms with Crippen molar-refractivity contribution in [3.63, 3.8) is 0 Å². The zero-order valence-electron chi connectivity index (χ0n) is 14.5. The van der Waals surface area contributed by atoms with Gasteiger partial charge in [0, 0.05) is 42.8 Å². The molecule has 1 amide bonds. The Kier molecular flexibility index (Phi) is 4.49. The van der Waals surface area contributed by atoms with Crippen molar-refractivity contribution in [2.75, 3.05) is 20.2 Å². The highest BCUT2D eigenvalue weighted by atomic mass is 16.6. The molecule has 0 saturated carbocycles. The standard InChI is InChI=1S/C17H21N3O5/c1-17(2)13(10-18-24-3)16(19-8-4-5-15(19)21)12-9-11(20(22)23)6-7-14(12)25-17/h6-7,9,18H,4-5,8,10H2,1-3H3. The minimum absolute atomic E-state index is 0.0140. The fourth-order valence-corrected chi connectivity index (χ4v) is 3.32. The van der Waals surface area contributed by atoms with Crippen LogP contribution in [0.25, 0.3) is 5.70 Å². The first kappa shape index (κ1) is 17.4. The summed E-state index contributed by atoms with van der Waals surface area (Å²) in [5.41, 5.74) is 4.14. The van der Waals surface area contributed by atoms with E-state index in [0.29, 0.717) is 36.5 Å². The smallest absolute Gasteiger partial charge is 0.270 e. The van der Waals surface area contributed by atoms with Crippen molar-refractivity contribution in [1.82, 2.24) is 10.4 Å². The van der Waals surface area contributed by atoms with Gasteiger partial charge in [-0.05, 0) is 26.3 Å². The largest absolute Gasteiger partial charge is 0.483 e. The molecule has 0 bridgehead atoms. The van der Waals surface area contributed by atoms with Gasteiger partial charge in [-0.2, -0.15) is 5.48 Å². The summed E-state index contributed by atoms with van der Waals surface area (Å²) < 4.78 is 6.07. The fourth-order valence-electron chi connectivity index (χ4n) is 3.32. The van der Waals surface area contributed by atoms with Crippen molar-refractivity contribution in [2.45, 2.75) is 32.3 Å². The number of likely N-dealkylation sites (tertiary alicyclic amines) is 1. The minimum atomic E-state index is -0.688. The Morgan fingerprint density at radius 3 is 2.80 bits per heavy atom. The summed E-state index contributed by atoms with van der Waals surface area (Å²) in [6.45, 7) is 4.74. The number of benzene rings is 1. The second kappa shape index (κ2) is 6.45. The Morgan fingerprint density at radius 1 is 1.44 bits per heavy atom. The summed E-state index contributed by atoms with van der Waals surface area (Å²) in [5.74, 6) is 0.548. The van der Waals surface area contributed by atoms with E-state index in [1.165, 1.54) is 19.2 Å². The zero-order chi connectivity index (χ0) is 18.2. The lowest BCUT2D eigenvalue weighted by Crippen LogP contribution is -2.42. The maximum atomic E-state index is 12.4. The molecule has 1 aromatic carbocycles. The number of hydrogen-bond acceptors (Lipinski definition) is 6. The van der Waals surface area contributed by atoms with Gasteiger partial charge in [-0.25, -0.2) is 0 Å². The monoisotopic (exact) mass is 347 g/mol. The Balaban J connectivity index is 2.22. The average molecular weight is 347 g/mol. The number of fused-ring (bicyclic) bond motifs is 1. The molecule has 0 atom stereocenters. The topological polar surface area (TPSA) is 93.9 Å². The van der Waals surface area contributed by atoms with Crippen molar-refractivity contribution in [3.8, 4) is 5.75 Å². The van der Waals surface area contributed by atoms with Crippen molar-refractivity contribution >= 4 is 17.3 Å². The maximum absolute atomic E-state index is 12.4. The Labute approximate surface area is 145 Å². The van der Waals surface area contributed by atoms with Crippen LogP contribution in [-0.4, -0.2) is 41.5 Å². The predicted molar refractivity (Wildman–Crippen MR) is 90.7 cm³/mol. The molecule has 1 saturated heterocycles. The van der Waals surface area contributed by atoms with Crippen LogP contribution >= 0.6 is 0 Å². The number of amides is 1. The van der Waals surface area contributed by atoms with Gasteiger partial charge in [-0.1, -0.05) is 0 Å². The van der Waals surface area contributed by atoms with E-state index in [0.717, 1.165) is 12.0 Å². The van der Waals surface area contributed by atoms with Crippen molar-refractivity contribution in [2.24, 2.45) is 0 Å².